The number of H-pyrrole nitrogens is 1. The second-order valence-corrected chi connectivity index (χ2v) is 12.8. The van der Waals surface area contributed by atoms with Gasteiger partial charge < -0.3 is 4.98 Å². The summed E-state index contributed by atoms with van der Waals surface area (Å²) in [4.78, 5) is 16.1. The Morgan fingerprint density at radius 3 is 2.17 bits per heavy atom. The van der Waals surface area contributed by atoms with E-state index in [1.165, 1.54) is 27.1 Å². The van der Waals surface area contributed by atoms with E-state index in [1.807, 2.05) is 18.3 Å². The first-order chi connectivity index (χ1) is 22.4. The molecular formula is C42H34N4. The zero-order chi connectivity index (χ0) is 31.3. The summed E-state index contributed by atoms with van der Waals surface area (Å²) in [5.41, 5.74) is 9.57. The van der Waals surface area contributed by atoms with Crippen LogP contribution in [0.15, 0.2) is 146 Å². The first-order valence-corrected chi connectivity index (χ1v) is 15.8. The molecule has 222 valence electrons. The standard InChI is InChI=1S/C42H34N4/c1-42(2,3)30-26-37(44-38(27-30)35-20-12-19-34-33-18-6-7-21-36(33)45-41(34)35)29-15-10-16-31(25-29)46(40-23-8-9-24-43-40)39-22-11-14-28-13-4-5-17-32(28)39/h4-27,45H,1-3H3. The molecule has 0 aliphatic carbocycles. The predicted molar refractivity (Wildman–Crippen MR) is 193 cm³/mol. The van der Waals surface area contributed by atoms with Crippen LogP contribution in [-0.2, 0) is 5.41 Å². The van der Waals surface area contributed by atoms with Gasteiger partial charge in [0.25, 0.3) is 0 Å². The van der Waals surface area contributed by atoms with Crippen LogP contribution in [0, 0.1) is 0 Å². The first kappa shape index (κ1) is 27.8. The van der Waals surface area contributed by atoms with E-state index < -0.39 is 0 Å². The van der Waals surface area contributed by atoms with E-state index >= 15 is 0 Å². The summed E-state index contributed by atoms with van der Waals surface area (Å²) < 4.78 is 0. The molecule has 0 fully saturated rings. The van der Waals surface area contributed by atoms with Crippen molar-refractivity contribution in [3.63, 3.8) is 0 Å². The summed E-state index contributed by atoms with van der Waals surface area (Å²) in [5.74, 6) is 0.860. The third kappa shape index (κ3) is 4.89. The SMILES string of the molecule is CC(C)(C)c1cc(-c2cccc(N(c3ccccn3)c3cccc4ccccc34)c2)nc(-c2cccc3c2[nH]c2ccccc23)c1. The van der Waals surface area contributed by atoms with E-state index in [0.717, 1.165) is 50.7 Å². The van der Waals surface area contributed by atoms with E-state index in [1.54, 1.807) is 0 Å². The summed E-state index contributed by atoms with van der Waals surface area (Å²) in [6, 6.07) is 49.2. The topological polar surface area (TPSA) is 44.8 Å². The third-order valence-corrected chi connectivity index (χ3v) is 8.79. The molecule has 1 N–H and O–H groups in total. The Morgan fingerprint density at radius 1 is 0.609 bits per heavy atom. The lowest BCUT2D eigenvalue weighted by Gasteiger charge is -2.26. The molecule has 3 aromatic heterocycles. The molecule has 3 heterocycles. The van der Waals surface area contributed by atoms with Crippen molar-refractivity contribution in [1.29, 1.82) is 0 Å². The van der Waals surface area contributed by atoms with Crippen LogP contribution in [0.3, 0.4) is 0 Å². The molecule has 0 saturated heterocycles. The van der Waals surface area contributed by atoms with Crippen molar-refractivity contribution in [2.75, 3.05) is 4.90 Å². The molecule has 0 aliphatic rings. The number of aromatic nitrogens is 3. The van der Waals surface area contributed by atoms with Gasteiger partial charge in [0, 0.05) is 44.7 Å². The molecule has 0 spiro atoms. The zero-order valence-corrected chi connectivity index (χ0v) is 26.2. The van der Waals surface area contributed by atoms with Crippen molar-refractivity contribution >= 4 is 49.8 Å². The average molecular weight is 595 g/mol. The van der Waals surface area contributed by atoms with Gasteiger partial charge in [-0.05, 0) is 64.9 Å². The lowest BCUT2D eigenvalue weighted by atomic mass is 9.85. The number of benzene rings is 5. The monoisotopic (exact) mass is 594 g/mol. The Bertz CT molecular complexity index is 2360. The van der Waals surface area contributed by atoms with Gasteiger partial charge in [0.1, 0.15) is 5.82 Å². The Labute approximate surface area is 269 Å². The maximum atomic E-state index is 5.35. The number of nitrogens with zero attached hydrogens (tertiary/aromatic N) is 3. The lowest BCUT2D eigenvalue weighted by molar-refractivity contribution is 0.590. The van der Waals surface area contributed by atoms with Gasteiger partial charge in [0.2, 0.25) is 0 Å². The molecule has 0 atom stereocenters. The number of nitrogens with one attached hydrogen (secondary N) is 1. The normalized spacial score (nSPS) is 11.8. The first-order valence-electron chi connectivity index (χ1n) is 15.8. The average Bonchev–Trinajstić information content (AvgIpc) is 3.48. The Kier molecular flexibility index (Phi) is 6.65. The van der Waals surface area contributed by atoms with Gasteiger partial charge in [-0.1, -0.05) is 112 Å². The largest absolute Gasteiger partial charge is 0.354 e. The van der Waals surface area contributed by atoms with Crippen LogP contribution >= 0.6 is 0 Å². The summed E-state index contributed by atoms with van der Waals surface area (Å²) in [6.45, 7) is 6.79. The minimum atomic E-state index is -0.0681. The Balaban J connectivity index is 1.32. The fourth-order valence-corrected chi connectivity index (χ4v) is 6.42. The quantitative estimate of drug-likeness (QED) is 0.216. The van der Waals surface area contributed by atoms with Crippen molar-refractivity contribution in [2.24, 2.45) is 0 Å². The van der Waals surface area contributed by atoms with Gasteiger partial charge in [-0.15, -0.1) is 0 Å². The molecule has 4 nitrogen and oxygen atoms in total. The van der Waals surface area contributed by atoms with E-state index in [4.69, 9.17) is 9.97 Å². The Morgan fingerprint density at radius 2 is 1.33 bits per heavy atom. The second-order valence-electron chi connectivity index (χ2n) is 12.8. The van der Waals surface area contributed by atoms with Crippen LogP contribution in [-0.4, -0.2) is 15.0 Å². The number of hydrogen-bond acceptors (Lipinski definition) is 3. The van der Waals surface area contributed by atoms with Gasteiger partial charge in [-0.3, -0.25) is 4.90 Å². The molecule has 0 radical (unpaired) electrons. The molecule has 8 rings (SSSR count). The summed E-state index contributed by atoms with van der Waals surface area (Å²) in [7, 11) is 0. The highest BCUT2D eigenvalue weighted by Gasteiger charge is 2.21. The second kappa shape index (κ2) is 11.0. The van der Waals surface area contributed by atoms with Crippen molar-refractivity contribution in [1.82, 2.24) is 15.0 Å². The number of anilines is 3. The molecule has 0 bridgehead atoms. The van der Waals surface area contributed by atoms with Gasteiger partial charge in [-0.2, -0.15) is 0 Å². The number of aromatic amines is 1. The van der Waals surface area contributed by atoms with Crippen LogP contribution in [0.25, 0.3) is 55.1 Å². The number of hydrogen-bond donors (Lipinski definition) is 1. The maximum Gasteiger partial charge on any atom is 0.137 e. The van der Waals surface area contributed by atoms with Crippen molar-refractivity contribution in [2.45, 2.75) is 26.2 Å². The van der Waals surface area contributed by atoms with Crippen LogP contribution in [0.2, 0.25) is 0 Å². The number of fused-ring (bicyclic) bond motifs is 4. The van der Waals surface area contributed by atoms with Crippen molar-refractivity contribution in [3.8, 4) is 22.5 Å². The van der Waals surface area contributed by atoms with Crippen LogP contribution in [0.1, 0.15) is 26.3 Å². The maximum absolute atomic E-state index is 5.35. The smallest absolute Gasteiger partial charge is 0.137 e. The van der Waals surface area contributed by atoms with E-state index in [-0.39, 0.29) is 5.41 Å². The fraction of sp³-hybridized carbons (Fsp3) is 0.0952. The molecule has 0 aliphatic heterocycles. The van der Waals surface area contributed by atoms with Crippen LogP contribution < -0.4 is 4.90 Å². The van der Waals surface area contributed by atoms with Crippen LogP contribution in [0.4, 0.5) is 17.2 Å². The molecule has 0 saturated carbocycles. The van der Waals surface area contributed by atoms with Gasteiger partial charge in [0.05, 0.1) is 22.6 Å². The highest BCUT2D eigenvalue weighted by Crippen LogP contribution is 2.40. The van der Waals surface area contributed by atoms with E-state index in [9.17, 15) is 0 Å². The number of rotatable bonds is 5. The lowest BCUT2D eigenvalue weighted by Crippen LogP contribution is -2.13. The minimum absolute atomic E-state index is 0.0681. The number of para-hydroxylation sites is 2. The number of pyridine rings is 2. The highest BCUT2D eigenvalue weighted by molar-refractivity contribution is 6.11. The third-order valence-electron chi connectivity index (χ3n) is 8.79. The molecule has 0 amide bonds. The molecule has 0 unspecified atom stereocenters. The van der Waals surface area contributed by atoms with Gasteiger partial charge in [0.15, 0.2) is 0 Å². The van der Waals surface area contributed by atoms with Gasteiger partial charge >= 0.3 is 0 Å². The summed E-state index contributed by atoms with van der Waals surface area (Å²) >= 11 is 0. The van der Waals surface area contributed by atoms with Gasteiger partial charge in [-0.25, -0.2) is 9.97 Å². The summed E-state index contributed by atoms with van der Waals surface area (Å²) in [5, 5.41) is 4.79. The molecule has 5 aromatic carbocycles. The van der Waals surface area contributed by atoms with E-state index in [0.29, 0.717) is 0 Å². The zero-order valence-electron chi connectivity index (χ0n) is 26.2. The highest BCUT2D eigenvalue weighted by atomic mass is 15.2. The molecular weight excluding hydrogens is 560 g/mol. The van der Waals surface area contributed by atoms with Crippen molar-refractivity contribution < 1.29 is 0 Å². The van der Waals surface area contributed by atoms with Crippen LogP contribution in [0.5, 0.6) is 0 Å². The van der Waals surface area contributed by atoms with E-state index in [2.05, 4.69) is 158 Å². The summed E-state index contributed by atoms with van der Waals surface area (Å²) in [6.07, 6.45) is 1.85. The minimum Gasteiger partial charge on any atom is -0.354 e. The molecule has 8 aromatic rings. The fourth-order valence-electron chi connectivity index (χ4n) is 6.42. The Hall–Kier alpha value is -5.74. The van der Waals surface area contributed by atoms with Crippen molar-refractivity contribution in [3.05, 3.63) is 151 Å². The molecule has 46 heavy (non-hydrogen) atoms. The predicted octanol–water partition coefficient (Wildman–Crippen LogP) is 11.4. The molecule has 4 heteroatoms.